The first-order valence-electron chi connectivity index (χ1n) is 10.5. The fourth-order valence-electron chi connectivity index (χ4n) is 4.39. The molecule has 0 aliphatic carbocycles. The Labute approximate surface area is 185 Å². The third kappa shape index (κ3) is 3.34. The predicted molar refractivity (Wildman–Crippen MR) is 125 cm³/mol. The number of carbonyl (C=O) groups is 1. The molecule has 0 saturated heterocycles. The summed E-state index contributed by atoms with van der Waals surface area (Å²) in [6.45, 7) is 5.84. The number of halogens is 1. The second-order valence-corrected chi connectivity index (χ2v) is 8.19. The number of allylic oxidation sites excluding steroid dienone is 1. The number of aromatic nitrogens is 2. The molecule has 32 heavy (non-hydrogen) atoms. The van der Waals surface area contributed by atoms with Crippen LogP contribution in [-0.2, 0) is 4.79 Å². The summed E-state index contributed by atoms with van der Waals surface area (Å²) >= 11 is 0. The molecule has 0 spiro atoms. The molecule has 6 heteroatoms. The molecule has 1 atom stereocenters. The number of amides is 1. The Morgan fingerprint density at radius 1 is 1.03 bits per heavy atom. The molecule has 5 nitrogen and oxygen atoms in total. The minimum absolute atomic E-state index is 0.236. The molecule has 1 aliphatic rings. The van der Waals surface area contributed by atoms with Crippen molar-refractivity contribution in [3.8, 4) is 0 Å². The molecule has 1 aromatic heterocycles. The molecule has 1 aliphatic heterocycles. The van der Waals surface area contributed by atoms with Gasteiger partial charge in [-0.3, -0.25) is 9.36 Å². The zero-order valence-corrected chi connectivity index (χ0v) is 18.1. The molecule has 0 fully saturated rings. The Hall–Kier alpha value is -3.93. The minimum atomic E-state index is -0.528. The molecule has 0 unspecified atom stereocenters. The molecular formula is C26H23FN4O. The van der Waals surface area contributed by atoms with E-state index in [1.54, 1.807) is 6.07 Å². The number of rotatable bonds is 3. The Morgan fingerprint density at radius 3 is 2.62 bits per heavy atom. The second-order valence-electron chi connectivity index (χ2n) is 8.19. The van der Waals surface area contributed by atoms with Crippen LogP contribution >= 0.6 is 0 Å². The summed E-state index contributed by atoms with van der Waals surface area (Å²) in [5, 5.41) is 6.34. The lowest BCUT2D eigenvalue weighted by atomic mass is 9.94. The van der Waals surface area contributed by atoms with Gasteiger partial charge in [0.1, 0.15) is 5.82 Å². The van der Waals surface area contributed by atoms with Crippen LogP contribution in [0.4, 0.5) is 16.0 Å². The zero-order chi connectivity index (χ0) is 22.4. The van der Waals surface area contributed by atoms with E-state index in [2.05, 4.69) is 10.6 Å². The number of carbonyl (C=O) groups excluding carboxylic acids is 1. The van der Waals surface area contributed by atoms with E-state index < -0.39 is 6.04 Å². The van der Waals surface area contributed by atoms with Gasteiger partial charge in [0, 0.05) is 11.4 Å². The smallest absolute Gasteiger partial charge is 0.255 e. The van der Waals surface area contributed by atoms with Gasteiger partial charge in [-0.25, -0.2) is 9.37 Å². The van der Waals surface area contributed by atoms with Crippen LogP contribution in [0.2, 0.25) is 0 Å². The molecule has 0 saturated carbocycles. The van der Waals surface area contributed by atoms with Crippen LogP contribution in [0.5, 0.6) is 0 Å². The van der Waals surface area contributed by atoms with Gasteiger partial charge in [-0.2, -0.15) is 0 Å². The van der Waals surface area contributed by atoms with Crippen molar-refractivity contribution >= 4 is 28.6 Å². The average molecular weight is 426 g/mol. The van der Waals surface area contributed by atoms with Crippen LogP contribution in [0.1, 0.15) is 29.7 Å². The highest BCUT2D eigenvalue weighted by Crippen LogP contribution is 2.39. The Bertz CT molecular complexity index is 1400. The lowest BCUT2D eigenvalue weighted by Gasteiger charge is -2.31. The largest absolute Gasteiger partial charge is 0.329 e. The number of nitrogens with one attached hydrogen (secondary N) is 2. The van der Waals surface area contributed by atoms with E-state index in [9.17, 15) is 9.18 Å². The van der Waals surface area contributed by atoms with Crippen molar-refractivity contribution < 1.29 is 9.18 Å². The van der Waals surface area contributed by atoms with Gasteiger partial charge in [-0.15, -0.1) is 0 Å². The molecule has 5 rings (SSSR count). The molecule has 160 valence electrons. The predicted octanol–water partition coefficient (Wildman–Crippen LogP) is 5.72. The van der Waals surface area contributed by atoms with Gasteiger partial charge in [0.25, 0.3) is 5.91 Å². The van der Waals surface area contributed by atoms with Crippen LogP contribution in [-0.4, -0.2) is 15.5 Å². The van der Waals surface area contributed by atoms with Crippen molar-refractivity contribution in [2.45, 2.75) is 26.8 Å². The standard InChI is InChI=1S/C26H23FN4O/c1-15-11-12-20(16(2)13-15)29-25(32)23-17(3)28-26-30-21-9-4-5-10-22(21)31(26)24(23)18-7-6-8-19(27)14-18/h4-14,24H,1-3H3,(H,28,30)(H,29,32)/t24-/m1/s1. The average Bonchev–Trinajstić information content (AvgIpc) is 3.12. The molecule has 0 radical (unpaired) electrons. The van der Waals surface area contributed by atoms with E-state index >= 15 is 0 Å². The van der Waals surface area contributed by atoms with Gasteiger partial charge < -0.3 is 10.6 Å². The Balaban J connectivity index is 1.67. The van der Waals surface area contributed by atoms with Gasteiger partial charge in [-0.1, -0.05) is 42.0 Å². The monoisotopic (exact) mass is 426 g/mol. The fraction of sp³-hybridized carbons (Fsp3) is 0.154. The van der Waals surface area contributed by atoms with Gasteiger partial charge in [0.2, 0.25) is 5.95 Å². The third-order valence-corrected chi connectivity index (χ3v) is 5.87. The van der Waals surface area contributed by atoms with Crippen molar-refractivity contribution in [3.63, 3.8) is 0 Å². The van der Waals surface area contributed by atoms with Crippen LogP contribution in [0.25, 0.3) is 11.0 Å². The van der Waals surface area contributed by atoms with Gasteiger partial charge in [0.15, 0.2) is 0 Å². The summed E-state index contributed by atoms with van der Waals surface area (Å²) in [5.74, 6) is 0.0412. The molecule has 2 N–H and O–H groups in total. The second kappa shape index (κ2) is 7.64. The fourth-order valence-corrected chi connectivity index (χ4v) is 4.39. The van der Waals surface area contributed by atoms with E-state index in [4.69, 9.17) is 4.98 Å². The molecule has 1 amide bonds. The Kier molecular flexibility index (Phi) is 4.78. The lowest BCUT2D eigenvalue weighted by molar-refractivity contribution is -0.113. The molecule has 0 bridgehead atoms. The van der Waals surface area contributed by atoms with Gasteiger partial charge >= 0.3 is 0 Å². The zero-order valence-electron chi connectivity index (χ0n) is 18.1. The SMILES string of the molecule is CC1=C(C(=O)Nc2ccc(C)cc2C)[C@@H](c2cccc(F)c2)n2c(nc3ccccc32)N1. The molecular weight excluding hydrogens is 403 g/mol. The summed E-state index contributed by atoms with van der Waals surface area (Å²) in [6, 6.07) is 19.5. The maximum Gasteiger partial charge on any atom is 0.255 e. The van der Waals surface area contributed by atoms with Gasteiger partial charge in [-0.05, 0) is 62.2 Å². The van der Waals surface area contributed by atoms with Crippen molar-refractivity contribution in [2.75, 3.05) is 10.6 Å². The first-order valence-corrected chi connectivity index (χ1v) is 10.5. The summed E-state index contributed by atoms with van der Waals surface area (Å²) in [6.07, 6.45) is 0. The number of hydrogen-bond donors (Lipinski definition) is 2. The quantitative estimate of drug-likeness (QED) is 0.441. The van der Waals surface area contributed by atoms with Gasteiger partial charge in [0.05, 0.1) is 22.6 Å². The normalized spacial score (nSPS) is 15.4. The molecule has 2 heterocycles. The number of para-hydroxylation sites is 2. The maximum atomic E-state index is 14.2. The van der Waals surface area contributed by atoms with E-state index in [1.165, 1.54) is 12.1 Å². The lowest BCUT2D eigenvalue weighted by Crippen LogP contribution is -2.31. The van der Waals surface area contributed by atoms with E-state index in [0.29, 0.717) is 22.8 Å². The number of anilines is 2. The summed E-state index contributed by atoms with van der Waals surface area (Å²) in [4.78, 5) is 18.3. The number of benzene rings is 3. The summed E-state index contributed by atoms with van der Waals surface area (Å²) < 4.78 is 16.2. The highest BCUT2D eigenvalue weighted by Gasteiger charge is 2.34. The maximum absolute atomic E-state index is 14.2. The highest BCUT2D eigenvalue weighted by molar-refractivity contribution is 6.06. The van der Waals surface area contributed by atoms with Crippen molar-refractivity contribution in [2.24, 2.45) is 0 Å². The Morgan fingerprint density at radius 2 is 1.84 bits per heavy atom. The molecule has 4 aromatic rings. The minimum Gasteiger partial charge on any atom is -0.329 e. The van der Waals surface area contributed by atoms with E-state index in [-0.39, 0.29) is 11.7 Å². The van der Waals surface area contributed by atoms with Crippen LogP contribution < -0.4 is 10.6 Å². The van der Waals surface area contributed by atoms with E-state index in [1.807, 2.05) is 73.9 Å². The first-order chi connectivity index (χ1) is 15.4. The van der Waals surface area contributed by atoms with Crippen molar-refractivity contribution in [3.05, 3.63) is 101 Å². The van der Waals surface area contributed by atoms with Crippen LogP contribution in [0.15, 0.2) is 78.0 Å². The van der Waals surface area contributed by atoms with Crippen LogP contribution in [0, 0.1) is 19.7 Å². The van der Waals surface area contributed by atoms with Crippen molar-refractivity contribution in [1.29, 1.82) is 0 Å². The summed E-state index contributed by atoms with van der Waals surface area (Å²) in [5.41, 5.74) is 6.42. The third-order valence-electron chi connectivity index (χ3n) is 5.87. The number of hydrogen-bond acceptors (Lipinski definition) is 3. The highest BCUT2D eigenvalue weighted by atomic mass is 19.1. The number of imidazole rings is 1. The number of fused-ring (bicyclic) bond motifs is 3. The summed E-state index contributed by atoms with van der Waals surface area (Å²) in [7, 11) is 0. The number of aryl methyl sites for hydroxylation is 2. The number of nitrogens with zero attached hydrogens (tertiary/aromatic N) is 2. The van der Waals surface area contributed by atoms with Crippen LogP contribution in [0.3, 0.4) is 0 Å². The topological polar surface area (TPSA) is 59.0 Å². The van der Waals surface area contributed by atoms with E-state index in [0.717, 1.165) is 27.8 Å². The van der Waals surface area contributed by atoms with Crippen molar-refractivity contribution in [1.82, 2.24) is 9.55 Å². The molecule has 3 aromatic carbocycles. The first kappa shape index (κ1) is 20.0.